The molecule has 0 unspecified atom stereocenters. The van der Waals surface area contributed by atoms with Crippen LogP contribution in [0, 0.1) is 5.92 Å². The first-order valence-electron chi connectivity index (χ1n) is 4.98. The van der Waals surface area contributed by atoms with E-state index in [-0.39, 0.29) is 12.5 Å². The van der Waals surface area contributed by atoms with Crippen molar-refractivity contribution in [3.8, 4) is 0 Å². The molecule has 0 N–H and O–H groups in total. The average molecular weight is 218 g/mol. The summed E-state index contributed by atoms with van der Waals surface area (Å²) >= 11 is 0. The molecule has 0 saturated heterocycles. The van der Waals surface area contributed by atoms with Crippen LogP contribution in [0.15, 0.2) is 36.6 Å². The molecule has 0 atom stereocenters. The van der Waals surface area contributed by atoms with Gasteiger partial charge in [-0.1, -0.05) is 40.9 Å². The highest BCUT2D eigenvalue weighted by molar-refractivity contribution is 5.25. The van der Waals surface area contributed by atoms with Crippen LogP contribution in [0.5, 0.6) is 0 Å². The third-order valence-corrected chi connectivity index (χ3v) is 1.20. The van der Waals surface area contributed by atoms with Crippen LogP contribution in [0.1, 0.15) is 27.7 Å². The summed E-state index contributed by atoms with van der Waals surface area (Å²) in [5.74, 6) is -2.00. The van der Waals surface area contributed by atoms with Crippen molar-refractivity contribution in [2.75, 3.05) is 6.61 Å². The summed E-state index contributed by atoms with van der Waals surface area (Å²) in [5, 5.41) is 0. The number of hydrogen-bond acceptors (Lipinski definition) is 1. The van der Waals surface area contributed by atoms with Crippen LogP contribution >= 0.6 is 0 Å². The Kier molecular flexibility index (Phi) is 10.3. The van der Waals surface area contributed by atoms with Crippen LogP contribution < -0.4 is 0 Å². The van der Waals surface area contributed by atoms with Gasteiger partial charge in [0.05, 0.1) is 6.61 Å². The van der Waals surface area contributed by atoms with Crippen molar-refractivity contribution in [1.82, 2.24) is 0 Å². The lowest BCUT2D eigenvalue weighted by Gasteiger charge is -2.10. The van der Waals surface area contributed by atoms with Crippen molar-refractivity contribution >= 4 is 0 Å². The smallest absolute Gasteiger partial charge is 0.190 e. The molecule has 0 radical (unpaired) electrons. The highest BCUT2D eigenvalue weighted by atomic mass is 19.1. The minimum Gasteiger partial charge on any atom is -0.487 e. The third kappa shape index (κ3) is 7.91. The van der Waals surface area contributed by atoms with Gasteiger partial charge in [-0.15, -0.1) is 0 Å². The van der Waals surface area contributed by atoms with E-state index in [4.69, 9.17) is 4.74 Å². The zero-order valence-electron chi connectivity index (χ0n) is 9.94. The van der Waals surface area contributed by atoms with E-state index in [2.05, 4.69) is 13.2 Å². The van der Waals surface area contributed by atoms with E-state index >= 15 is 0 Å². The number of rotatable bonds is 5. The Morgan fingerprint density at radius 3 is 2.07 bits per heavy atom. The first kappa shape index (κ1) is 16.3. The molecule has 3 heteroatoms. The molecule has 15 heavy (non-hydrogen) atoms. The monoisotopic (exact) mass is 218 g/mol. The SMILES string of the molecule is C=C/C(F)=C(/OCC(C)C)C(=C)F.CC. The van der Waals surface area contributed by atoms with Gasteiger partial charge in [-0.3, -0.25) is 0 Å². The number of allylic oxidation sites excluding steroid dienone is 3. The van der Waals surface area contributed by atoms with Gasteiger partial charge in [-0.05, 0) is 12.0 Å². The maximum atomic E-state index is 12.8. The van der Waals surface area contributed by atoms with Crippen molar-refractivity contribution in [2.45, 2.75) is 27.7 Å². The molecular weight excluding hydrogens is 198 g/mol. The summed E-state index contributed by atoms with van der Waals surface area (Å²) < 4.78 is 30.3. The Morgan fingerprint density at radius 1 is 1.33 bits per heavy atom. The molecule has 0 aliphatic carbocycles. The molecule has 0 fully saturated rings. The second kappa shape index (κ2) is 9.44. The molecule has 0 saturated carbocycles. The summed E-state index contributed by atoms with van der Waals surface area (Å²) in [4.78, 5) is 0. The lowest BCUT2D eigenvalue weighted by atomic mass is 10.2. The third-order valence-electron chi connectivity index (χ3n) is 1.20. The molecule has 0 aromatic rings. The first-order valence-corrected chi connectivity index (χ1v) is 4.98. The van der Waals surface area contributed by atoms with Crippen molar-refractivity contribution in [3.63, 3.8) is 0 Å². The van der Waals surface area contributed by atoms with Gasteiger partial charge < -0.3 is 4.74 Å². The second-order valence-corrected chi connectivity index (χ2v) is 2.99. The van der Waals surface area contributed by atoms with Crippen LogP contribution in [0.2, 0.25) is 0 Å². The quantitative estimate of drug-likeness (QED) is 0.486. The van der Waals surface area contributed by atoms with E-state index < -0.39 is 17.4 Å². The topological polar surface area (TPSA) is 9.23 Å². The van der Waals surface area contributed by atoms with Crippen LogP contribution in [-0.2, 0) is 4.74 Å². The van der Waals surface area contributed by atoms with Crippen molar-refractivity contribution in [1.29, 1.82) is 0 Å². The molecule has 0 heterocycles. The first-order chi connectivity index (χ1) is 6.99. The second-order valence-electron chi connectivity index (χ2n) is 2.99. The number of ether oxygens (including phenoxy) is 1. The van der Waals surface area contributed by atoms with Crippen molar-refractivity contribution < 1.29 is 13.5 Å². The molecular formula is C12H20F2O. The van der Waals surface area contributed by atoms with Crippen LogP contribution in [0.25, 0.3) is 0 Å². The normalized spacial score (nSPS) is 11.1. The molecule has 0 amide bonds. The maximum absolute atomic E-state index is 12.8. The molecule has 88 valence electrons. The predicted octanol–water partition coefficient (Wildman–Crippen LogP) is 4.54. The van der Waals surface area contributed by atoms with Crippen molar-refractivity contribution in [2.24, 2.45) is 5.92 Å². The van der Waals surface area contributed by atoms with Crippen LogP contribution in [-0.4, -0.2) is 6.61 Å². The fraction of sp³-hybridized carbons (Fsp3) is 0.500. The van der Waals surface area contributed by atoms with E-state index in [1.807, 2.05) is 27.7 Å². The average Bonchev–Trinajstić information content (AvgIpc) is 2.19. The minimum atomic E-state index is -0.918. The summed E-state index contributed by atoms with van der Waals surface area (Å²) in [6, 6.07) is 0. The highest BCUT2D eigenvalue weighted by Crippen LogP contribution is 2.18. The Morgan fingerprint density at radius 2 is 1.80 bits per heavy atom. The molecule has 0 aliphatic rings. The van der Waals surface area contributed by atoms with E-state index in [9.17, 15) is 8.78 Å². The zero-order valence-corrected chi connectivity index (χ0v) is 9.94. The maximum Gasteiger partial charge on any atom is 0.190 e. The molecule has 0 aliphatic heterocycles. The predicted molar refractivity (Wildman–Crippen MR) is 60.7 cm³/mol. The molecule has 0 aromatic heterocycles. The lowest BCUT2D eigenvalue weighted by Crippen LogP contribution is -2.03. The lowest BCUT2D eigenvalue weighted by molar-refractivity contribution is 0.170. The number of halogens is 2. The Hall–Kier alpha value is -1.12. The summed E-state index contributed by atoms with van der Waals surface area (Å²) in [6.45, 7) is 14.1. The molecule has 0 rings (SSSR count). The highest BCUT2D eigenvalue weighted by Gasteiger charge is 2.10. The minimum absolute atomic E-state index is 0.201. The van der Waals surface area contributed by atoms with Gasteiger partial charge in [0.2, 0.25) is 0 Å². The van der Waals surface area contributed by atoms with E-state index in [0.29, 0.717) is 0 Å². The van der Waals surface area contributed by atoms with E-state index in [1.165, 1.54) is 0 Å². The number of hydrogen-bond donors (Lipinski definition) is 0. The van der Waals surface area contributed by atoms with Gasteiger partial charge in [0.25, 0.3) is 0 Å². The van der Waals surface area contributed by atoms with Gasteiger partial charge in [0.15, 0.2) is 17.4 Å². The largest absolute Gasteiger partial charge is 0.487 e. The Balaban J connectivity index is 0. The molecule has 0 aromatic carbocycles. The van der Waals surface area contributed by atoms with Crippen LogP contribution in [0.4, 0.5) is 8.78 Å². The standard InChI is InChI=1S/C10H14F2O.C2H6/c1-5-9(12)10(8(4)11)13-6-7(2)3;1-2/h5,7H,1,4,6H2,2-3H3;1-2H3/b10-9-;. The Labute approximate surface area is 91.1 Å². The summed E-state index contributed by atoms with van der Waals surface area (Å²) in [5.41, 5.74) is 0. The van der Waals surface area contributed by atoms with Gasteiger partial charge in [0, 0.05) is 0 Å². The molecule has 0 spiro atoms. The van der Waals surface area contributed by atoms with E-state index in [0.717, 1.165) is 6.08 Å². The fourth-order valence-electron chi connectivity index (χ4n) is 0.620. The van der Waals surface area contributed by atoms with E-state index in [1.54, 1.807) is 0 Å². The zero-order chi connectivity index (χ0) is 12.4. The van der Waals surface area contributed by atoms with Crippen molar-refractivity contribution in [3.05, 3.63) is 36.6 Å². The van der Waals surface area contributed by atoms with Gasteiger partial charge in [0.1, 0.15) is 0 Å². The van der Waals surface area contributed by atoms with Gasteiger partial charge in [-0.2, -0.15) is 0 Å². The summed E-state index contributed by atoms with van der Waals surface area (Å²) in [6.07, 6.45) is 0.889. The van der Waals surface area contributed by atoms with Gasteiger partial charge >= 0.3 is 0 Å². The van der Waals surface area contributed by atoms with Gasteiger partial charge in [-0.25, -0.2) is 8.78 Å². The molecule has 1 nitrogen and oxygen atoms in total. The fourth-order valence-corrected chi connectivity index (χ4v) is 0.620. The Bertz CT molecular complexity index is 230. The molecule has 0 bridgehead atoms. The van der Waals surface area contributed by atoms with Crippen LogP contribution in [0.3, 0.4) is 0 Å². The summed E-state index contributed by atoms with van der Waals surface area (Å²) in [7, 11) is 0.